The summed E-state index contributed by atoms with van der Waals surface area (Å²) in [7, 11) is 0. The Morgan fingerprint density at radius 3 is 2.33 bits per heavy atom. The van der Waals surface area contributed by atoms with Gasteiger partial charge in [-0.15, -0.1) is 0 Å². The summed E-state index contributed by atoms with van der Waals surface area (Å²) in [6.45, 7) is 4.62. The number of carbonyl (C=O) groups excluding carboxylic acids is 2. The molecule has 4 atom stereocenters. The highest BCUT2D eigenvalue weighted by Gasteiger charge is 2.64. The molecule has 45 heavy (non-hydrogen) atoms. The fourth-order valence-corrected chi connectivity index (χ4v) is 7.32. The van der Waals surface area contributed by atoms with Gasteiger partial charge in [0.1, 0.15) is 17.9 Å². The molecule has 1 spiro atoms. The van der Waals surface area contributed by atoms with Crippen molar-refractivity contribution in [2.24, 2.45) is 5.92 Å². The molecule has 0 saturated carbocycles. The maximum atomic E-state index is 14.9. The fourth-order valence-electron chi connectivity index (χ4n) is 7.03. The third-order valence-electron chi connectivity index (χ3n) is 9.20. The van der Waals surface area contributed by atoms with Crippen LogP contribution in [0, 0.1) is 5.92 Å². The quantitative estimate of drug-likeness (QED) is 0.214. The van der Waals surface area contributed by atoms with Gasteiger partial charge in [0.05, 0.1) is 19.1 Å². The summed E-state index contributed by atoms with van der Waals surface area (Å²) in [5.41, 5.74) is 2.32. The molecule has 3 aliphatic rings. The number of benzene rings is 4. The van der Waals surface area contributed by atoms with Crippen molar-refractivity contribution in [2.45, 2.75) is 17.5 Å². The van der Waals surface area contributed by atoms with E-state index in [1.807, 2.05) is 66.7 Å². The van der Waals surface area contributed by atoms with Gasteiger partial charge in [-0.3, -0.25) is 19.8 Å². The maximum Gasteiger partial charge on any atom is 0.250 e. The molecule has 2 N–H and O–H groups in total. The maximum absolute atomic E-state index is 14.9. The van der Waals surface area contributed by atoms with E-state index in [1.165, 1.54) is 0 Å². The van der Waals surface area contributed by atoms with Gasteiger partial charge < -0.3 is 14.8 Å². The topological polar surface area (TPSA) is 79.9 Å². The molecule has 3 heterocycles. The van der Waals surface area contributed by atoms with Crippen LogP contribution in [0.15, 0.2) is 97.1 Å². The van der Waals surface area contributed by atoms with Crippen LogP contribution in [0.3, 0.4) is 0 Å². The van der Waals surface area contributed by atoms with Crippen LogP contribution in [-0.4, -0.2) is 56.0 Å². The Morgan fingerprint density at radius 2 is 1.60 bits per heavy atom. The van der Waals surface area contributed by atoms with Crippen molar-refractivity contribution in [2.75, 3.05) is 44.8 Å². The summed E-state index contributed by atoms with van der Waals surface area (Å²) in [6, 6.07) is 29.7. The molecule has 230 valence electrons. The lowest BCUT2D eigenvalue weighted by Gasteiger charge is -2.31. The molecule has 7 rings (SSSR count). The molecule has 3 aliphatic heterocycles. The SMILES string of the molecule is O=C(c1ccc(OCCN2CCOCC2)cc1)C1[C@H](c2ccc(Cl)cc2)[C@@H](c2ccccc2)NC12C(=O)Nc1ccc(Cl)cc12. The Balaban J connectivity index is 1.28. The van der Waals surface area contributed by atoms with E-state index in [9.17, 15) is 9.59 Å². The first-order valence-electron chi connectivity index (χ1n) is 15.2. The third-order valence-corrected chi connectivity index (χ3v) is 9.68. The highest BCUT2D eigenvalue weighted by atomic mass is 35.5. The number of amides is 1. The van der Waals surface area contributed by atoms with Gasteiger partial charge in [-0.25, -0.2) is 0 Å². The van der Waals surface area contributed by atoms with Gasteiger partial charge >= 0.3 is 0 Å². The molecule has 0 aromatic heterocycles. The van der Waals surface area contributed by atoms with E-state index >= 15 is 0 Å². The average Bonchev–Trinajstić information content (AvgIpc) is 3.57. The summed E-state index contributed by atoms with van der Waals surface area (Å²) < 4.78 is 11.4. The first-order valence-corrected chi connectivity index (χ1v) is 16.0. The summed E-state index contributed by atoms with van der Waals surface area (Å²) in [5, 5.41) is 7.81. The summed E-state index contributed by atoms with van der Waals surface area (Å²) in [6.07, 6.45) is 0. The van der Waals surface area contributed by atoms with E-state index < -0.39 is 17.4 Å². The van der Waals surface area contributed by atoms with Crippen LogP contribution in [0.4, 0.5) is 5.69 Å². The second kappa shape index (κ2) is 12.6. The van der Waals surface area contributed by atoms with Crippen LogP contribution in [0.1, 0.15) is 39.0 Å². The largest absolute Gasteiger partial charge is 0.492 e. The highest BCUT2D eigenvalue weighted by Crippen LogP contribution is 2.57. The molecular formula is C36H33Cl2N3O4. The fraction of sp³-hybridized carbons (Fsp3) is 0.278. The molecule has 4 aromatic carbocycles. The molecule has 0 bridgehead atoms. The number of fused-ring (bicyclic) bond motifs is 2. The van der Waals surface area contributed by atoms with Crippen molar-refractivity contribution >= 4 is 40.6 Å². The van der Waals surface area contributed by atoms with Gasteiger partial charge in [0.25, 0.3) is 0 Å². The number of nitrogens with one attached hydrogen (secondary N) is 2. The monoisotopic (exact) mass is 641 g/mol. The summed E-state index contributed by atoms with van der Waals surface area (Å²) >= 11 is 12.8. The first-order chi connectivity index (χ1) is 21.9. The second-order valence-electron chi connectivity index (χ2n) is 11.7. The van der Waals surface area contributed by atoms with Crippen LogP contribution < -0.4 is 15.4 Å². The number of carbonyl (C=O) groups is 2. The number of anilines is 1. The van der Waals surface area contributed by atoms with E-state index in [4.69, 9.17) is 32.7 Å². The van der Waals surface area contributed by atoms with Gasteiger partial charge in [0.15, 0.2) is 5.78 Å². The van der Waals surface area contributed by atoms with Gasteiger partial charge in [-0.05, 0) is 65.7 Å². The van der Waals surface area contributed by atoms with Gasteiger partial charge in [0.2, 0.25) is 5.91 Å². The van der Waals surface area contributed by atoms with Gasteiger partial charge in [0, 0.05) is 58.5 Å². The van der Waals surface area contributed by atoms with Crippen molar-refractivity contribution in [1.82, 2.24) is 10.2 Å². The zero-order valence-electron chi connectivity index (χ0n) is 24.5. The smallest absolute Gasteiger partial charge is 0.250 e. The van der Waals surface area contributed by atoms with Crippen molar-refractivity contribution in [3.8, 4) is 5.75 Å². The zero-order chi connectivity index (χ0) is 31.0. The Bertz CT molecular complexity index is 1690. The minimum absolute atomic E-state index is 0.149. The molecule has 0 radical (unpaired) electrons. The number of Topliss-reactive ketones (excluding diaryl/α,β-unsaturated/α-hetero) is 1. The predicted octanol–water partition coefficient (Wildman–Crippen LogP) is 6.48. The Morgan fingerprint density at radius 1 is 0.889 bits per heavy atom. The van der Waals surface area contributed by atoms with Crippen molar-refractivity contribution in [1.29, 1.82) is 0 Å². The number of rotatable bonds is 8. The lowest BCUT2D eigenvalue weighted by molar-refractivity contribution is -0.122. The Kier molecular flexibility index (Phi) is 8.38. The first kappa shape index (κ1) is 30.0. The minimum atomic E-state index is -1.37. The Labute approximate surface area is 272 Å². The molecule has 0 aliphatic carbocycles. The van der Waals surface area contributed by atoms with E-state index in [-0.39, 0.29) is 17.7 Å². The third kappa shape index (κ3) is 5.64. The number of nitrogens with zero attached hydrogens (tertiary/aromatic N) is 1. The molecule has 2 saturated heterocycles. The highest BCUT2D eigenvalue weighted by molar-refractivity contribution is 6.31. The number of ketones is 1. The standard InChI is InChI=1S/C36H33Cl2N3O4/c37-26-10-6-23(7-11-26)31-32(34(42)25-8-13-28(14-9-25)45-21-18-41-16-19-44-20-17-41)36(40-33(31)24-4-2-1-3-5-24)29-22-27(38)12-15-30(29)39-35(36)43/h1-15,22,31-33,40H,16-21H2,(H,39,43)/t31-,32?,33+,36?/m0/s1. The Hall–Kier alpha value is -3.72. The zero-order valence-corrected chi connectivity index (χ0v) is 26.1. The van der Waals surface area contributed by atoms with E-state index in [2.05, 4.69) is 15.5 Å². The van der Waals surface area contributed by atoms with E-state index in [0.717, 1.165) is 44.0 Å². The number of hydrogen-bond acceptors (Lipinski definition) is 6. The lowest BCUT2D eigenvalue weighted by atomic mass is 9.69. The lowest BCUT2D eigenvalue weighted by Crippen LogP contribution is -2.50. The van der Waals surface area contributed by atoms with Gasteiger partial charge in [-0.2, -0.15) is 0 Å². The second-order valence-corrected chi connectivity index (χ2v) is 12.6. The molecule has 2 unspecified atom stereocenters. The van der Waals surface area contributed by atoms with Crippen LogP contribution in [0.2, 0.25) is 10.0 Å². The van der Waals surface area contributed by atoms with Crippen molar-refractivity contribution in [3.63, 3.8) is 0 Å². The van der Waals surface area contributed by atoms with Gasteiger partial charge in [-0.1, -0.05) is 65.7 Å². The molecule has 7 nitrogen and oxygen atoms in total. The molecule has 4 aromatic rings. The summed E-state index contributed by atoms with van der Waals surface area (Å²) in [4.78, 5) is 31.4. The van der Waals surface area contributed by atoms with Crippen LogP contribution in [0.5, 0.6) is 5.75 Å². The average molecular weight is 643 g/mol. The van der Waals surface area contributed by atoms with Crippen LogP contribution in [-0.2, 0) is 15.1 Å². The summed E-state index contributed by atoms with van der Waals surface area (Å²) in [5.74, 6) is -0.956. The molecular weight excluding hydrogens is 609 g/mol. The van der Waals surface area contributed by atoms with Crippen LogP contribution in [0.25, 0.3) is 0 Å². The van der Waals surface area contributed by atoms with Crippen LogP contribution >= 0.6 is 23.2 Å². The molecule has 1 amide bonds. The van der Waals surface area contributed by atoms with E-state index in [1.54, 1.807) is 30.3 Å². The minimum Gasteiger partial charge on any atom is -0.492 e. The normalized spacial score (nSPS) is 24.4. The number of morpholine rings is 1. The number of hydrogen-bond donors (Lipinski definition) is 2. The van der Waals surface area contributed by atoms with Crippen molar-refractivity contribution in [3.05, 3.63) is 129 Å². The number of ether oxygens (including phenoxy) is 2. The van der Waals surface area contributed by atoms with Crippen molar-refractivity contribution < 1.29 is 19.1 Å². The molecule has 9 heteroatoms. The van der Waals surface area contributed by atoms with E-state index in [0.29, 0.717) is 39.2 Å². The predicted molar refractivity (Wildman–Crippen MR) is 175 cm³/mol. The molecule has 2 fully saturated rings. The number of halogens is 2.